The van der Waals surface area contributed by atoms with Crippen molar-refractivity contribution in [3.8, 4) is 0 Å². The highest BCUT2D eigenvalue weighted by molar-refractivity contribution is 7.89. The van der Waals surface area contributed by atoms with Gasteiger partial charge in [0, 0.05) is 25.2 Å². The van der Waals surface area contributed by atoms with Gasteiger partial charge in [0.1, 0.15) is 0 Å². The number of fused-ring (bicyclic) bond motifs is 1. The van der Waals surface area contributed by atoms with E-state index >= 15 is 0 Å². The maximum atomic E-state index is 12.6. The molecule has 1 aliphatic rings. The van der Waals surface area contributed by atoms with Crippen LogP contribution in [0.15, 0.2) is 34.0 Å². The summed E-state index contributed by atoms with van der Waals surface area (Å²) in [7, 11) is -3.56. The number of aryl methyl sites for hydroxylation is 1. The molecule has 0 saturated heterocycles. The van der Waals surface area contributed by atoms with Gasteiger partial charge in [0.15, 0.2) is 0 Å². The zero-order valence-electron chi connectivity index (χ0n) is 11.7. The van der Waals surface area contributed by atoms with Crippen LogP contribution in [0.2, 0.25) is 0 Å². The predicted molar refractivity (Wildman–Crippen MR) is 78.5 cm³/mol. The van der Waals surface area contributed by atoms with Crippen LogP contribution in [0.1, 0.15) is 23.7 Å². The molecule has 1 aromatic heterocycles. The third-order valence-electron chi connectivity index (χ3n) is 3.88. The van der Waals surface area contributed by atoms with Gasteiger partial charge in [-0.15, -0.1) is 0 Å². The normalized spacial score (nSPS) is 15.9. The van der Waals surface area contributed by atoms with Gasteiger partial charge in [-0.3, -0.25) is 9.89 Å². The highest BCUT2D eigenvalue weighted by atomic mass is 32.2. The maximum absolute atomic E-state index is 12.6. The van der Waals surface area contributed by atoms with Gasteiger partial charge in [-0.1, -0.05) is 19.1 Å². The molecule has 112 valence electrons. The highest BCUT2D eigenvalue weighted by Gasteiger charge is 2.30. The molecule has 7 heteroatoms. The number of hydrogen-bond acceptors (Lipinski definition) is 3. The molecule has 1 aromatic carbocycles. The summed E-state index contributed by atoms with van der Waals surface area (Å²) < 4.78 is 26.6. The van der Waals surface area contributed by atoms with Crippen LogP contribution in [0.3, 0.4) is 0 Å². The van der Waals surface area contributed by atoms with Gasteiger partial charge in [-0.25, -0.2) is 8.42 Å². The van der Waals surface area contributed by atoms with Crippen LogP contribution >= 0.6 is 0 Å². The Morgan fingerprint density at radius 2 is 1.90 bits per heavy atom. The van der Waals surface area contributed by atoms with E-state index in [1.807, 2.05) is 19.1 Å². The molecule has 2 heterocycles. The molecule has 0 aliphatic carbocycles. The Balaban J connectivity index is 1.92. The molecule has 0 bridgehead atoms. The SMILES string of the molecule is CCc1ccc(S(=O)(=O)N2CCc3[nH][nH]c(=O)c3C2)cc1. The molecule has 3 rings (SSSR count). The first kappa shape index (κ1) is 14.1. The molecule has 0 spiro atoms. The van der Waals surface area contributed by atoms with Crippen LogP contribution in [0.25, 0.3) is 0 Å². The highest BCUT2D eigenvalue weighted by Crippen LogP contribution is 2.22. The Morgan fingerprint density at radius 3 is 2.57 bits per heavy atom. The summed E-state index contributed by atoms with van der Waals surface area (Å²) in [5, 5.41) is 5.30. The second kappa shape index (κ2) is 5.16. The van der Waals surface area contributed by atoms with Crippen molar-refractivity contribution in [1.29, 1.82) is 0 Å². The van der Waals surface area contributed by atoms with E-state index in [-0.39, 0.29) is 17.0 Å². The summed E-state index contributed by atoms with van der Waals surface area (Å²) in [5.74, 6) is 0. The Morgan fingerprint density at radius 1 is 1.19 bits per heavy atom. The van der Waals surface area contributed by atoms with Gasteiger partial charge < -0.3 is 5.10 Å². The summed E-state index contributed by atoms with van der Waals surface area (Å²) >= 11 is 0. The maximum Gasteiger partial charge on any atom is 0.268 e. The van der Waals surface area contributed by atoms with Gasteiger partial charge in [-0.2, -0.15) is 4.31 Å². The fourth-order valence-corrected chi connectivity index (χ4v) is 3.95. The molecule has 2 N–H and O–H groups in total. The number of nitrogens with zero attached hydrogens (tertiary/aromatic N) is 1. The minimum absolute atomic E-state index is 0.117. The van der Waals surface area contributed by atoms with Crippen LogP contribution in [0, 0.1) is 0 Å². The first-order chi connectivity index (χ1) is 10.0. The monoisotopic (exact) mass is 307 g/mol. The first-order valence-corrected chi connectivity index (χ1v) is 8.34. The average molecular weight is 307 g/mol. The van der Waals surface area contributed by atoms with Gasteiger partial charge in [0.25, 0.3) is 5.56 Å². The van der Waals surface area contributed by atoms with E-state index in [1.165, 1.54) is 4.31 Å². The Kier molecular flexibility index (Phi) is 3.46. The van der Waals surface area contributed by atoms with E-state index in [4.69, 9.17) is 0 Å². The number of nitrogens with one attached hydrogen (secondary N) is 2. The Hall–Kier alpha value is -1.86. The molecule has 0 radical (unpaired) electrons. The van der Waals surface area contributed by atoms with Gasteiger partial charge >= 0.3 is 0 Å². The standard InChI is InChI=1S/C14H17N3O3S/c1-2-10-3-5-11(6-4-10)21(19,20)17-8-7-13-12(9-17)14(18)16-15-13/h3-6H,2,7-9H2,1H3,(H2,15,16,18). The smallest absolute Gasteiger partial charge is 0.268 e. The lowest BCUT2D eigenvalue weighted by Crippen LogP contribution is -2.37. The van der Waals surface area contributed by atoms with Gasteiger partial charge in [0.2, 0.25) is 10.0 Å². The van der Waals surface area contributed by atoms with E-state index in [0.717, 1.165) is 17.7 Å². The summed E-state index contributed by atoms with van der Waals surface area (Å²) in [4.78, 5) is 11.9. The topological polar surface area (TPSA) is 86.0 Å². The lowest BCUT2D eigenvalue weighted by atomic mass is 10.1. The van der Waals surface area contributed by atoms with E-state index < -0.39 is 10.0 Å². The fraction of sp³-hybridized carbons (Fsp3) is 0.357. The molecular weight excluding hydrogens is 290 g/mol. The minimum atomic E-state index is -3.56. The van der Waals surface area contributed by atoms with Crippen LogP contribution in [0.4, 0.5) is 0 Å². The molecule has 21 heavy (non-hydrogen) atoms. The molecule has 1 aliphatic heterocycles. The third-order valence-corrected chi connectivity index (χ3v) is 5.74. The second-order valence-corrected chi connectivity index (χ2v) is 7.06. The fourth-order valence-electron chi connectivity index (χ4n) is 2.54. The molecule has 0 fully saturated rings. The van der Waals surface area contributed by atoms with Crippen molar-refractivity contribution in [2.75, 3.05) is 6.54 Å². The van der Waals surface area contributed by atoms with Crippen molar-refractivity contribution >= 4 is 10.0 Å². The summed E-state index contributed by atoms with van der Waals surface area (Å²) in [6.45, 7) is 2.51. The van der Waals surface area contributed by atoms with Gasteiger partial charge in [0.05, 0.1) is 10.5 Å². The Labute approximate surface area is 122 Å². The van der Waals surface area contributed by atoms with E-state index in [1.54, 1.807) is 12.1 Å². The first-order valence-electron chi connectivity index (χ1n) is 6.90. The van der Waals surface area contributed by atoms with E-state index in [0.29, 0.717) is 18.5 Å². The molecule has 6 nitrogen and oxygen atoms in total. The number of rotatable bonds is 3. The van der Waals surface area contributed by atoms with Crippen molar-refractivity contribution in [2.45, 2.75) is 31.2 Å². The second-order valence-electron chi connectivity index (χ2n) is 5.12. The van der Waals surface area contributed by atoms with Crippen molar-refractivity contribution < 1.29 is 8.42 Å². The molecule has 0 saturated carbocycles. The largest absolute Gasteiger partial charge is 0.302 e. The van der Waals surface area contributed by atoms with Gasteiger partial charge in [-0.05, 0) is 24.1 Å². The van der Waals surface area contributed by atoms with E-state index in [9.17, 15) is 13.2 Å². The summed E-state index contributed by atoms with van der Waals surface area (Å²) in [5.41, 5.74) is 2.16. The van der Waals surface area contributed by atoms with Crippen molar-refractivity contribution in [3.63, 3.8) is 0 Å². The molecule has 0 unspecified atom stereocenters. The number of aromatic amines is 2. The minimum Gasteiger partial charge on any atom is -0.302 e. The molecular formula is C14H17N3O3S. The van der Waals surface area contributed by atoms with Crippen LogP contribution < -0.4 is 5.56 Å². The predicted octanol–water partition coefficient (Wildman–Crippen LogP) is 1.01. The third kappa shape index (κ3) is 2.43. The Bertz CT molecular complexity index is 803. The zero-order chi connectivity index (χ0) is 15.0. The lowest BCUT2D eigenvalue weighted by Gasteiger charge is -2.25. The number of aromatic nitrogens is 2. The lowest BCUT2D eigenvalue weighted by molar-refractivity contribution is 0.389. The molecule has 0 amide bonds. The summed E-state index contributed by atoms with van der Waals surface area (Å²) in [6.07, 6.45) is 1.38. The van der Waals surface area contributed by atoms with Crippen LogP contribution in [-0.2, 0) is 29.4 Å². The van der Waals surface area contributed by atoms with Crippen molar-refractivity contribution in [3.05, 3.63) is 51.4 Å². The molecule has 0 atom stereocenters. The van der Waals surface area contributed by atoms with Crippen LogP contribution in [-0.4, -0.2) is 29.5 Å². The number of hydrogen-bond donors (Lipinski definition) is 2. The molecule has 2 aromatic rings. The number of sulfonamides is 1. The number of H-pyrrole nitrogens is 2. The van der Waals surface area contributed by atoms with E-state index in [2.05, 4.69) is 10.2 Å². The number of benzene rings is 1. The summed E-state index contributed by atoms with van der Waals surface area (Å²) in [6, 6.07) is 6.91. The van der Waals surface area contributed by atoms with Crippen LogP contribution in [0.5, 0.6) is 0 Å². The average Bonchev–Trinajstić information content (AvgIpc) is 2.88. The van der Waals surface area contributed by atoms with Crippen molar-refractivity contribution in [1.82, 2.24) is 14.5 Å². The van der Waals surface area contributed by atoms with Crippen molar-refractivity contribution in [2.24, 2.45) is 0 Å². The zero-order valence-corrected chi connectivity index (χ0v) is 12.5. The quantitative estimate of drug-likeness (QED) is 0.887.